The molecule has 0 bridgehead atoms. The Morgan fingerprint density at radius 1 is 1.39 bits per heavy atom. The normalized spacial score (nSPS) is 15.0. The Morgan fingerprint density at radius 2 is 2.17 bits per heavy atom. The molecule has 1 aliphatic rings. The second-order valence-corrected chi connectivity index (χ2v) is 7.78. The van der Waals surface area contributed by atoms with Gasteiger partial charge in [-0.3, -0.25) is 4.79 Å². The van der Waals surface area contributed by atoms with Gasteiger partial charge >= 0.3 is 0 Å². The third-order valence-electron chi connectivity index (χ3n) is 3.97. The van der Waals surface area contributed by atoms with Gasteiger partial charge in [0.2, 0.25) is 0 Å². The third kappa shape index (κ3) is 4.40. The van der Waals surface area contributed by atoms with Crippen molar-refractivity contribution in [2.24, 2.45) is 0 Å². The molecule has 0 aliphatic carbocycles. The highest BCUT2D eigenvalue weighted by molar-refractivity contribution is 9.10. The first-order valence-corrected chi connectivity index (χ1v) is 9.48. The molecule has 2 aromatic rings. The number of nitrogens with zero attached hydrogens (tertiary/aromatic N) is 2. The summed E-state index contributed by atoms with van der Waals surface area (Å²) in [5, 5.41) is 3.99. The molecular formula is C17H20BrN3OS. The fraction of sp³-hybridized carbons (Fsp3) is 0.412. The lowest BCUT2D eigenvalue weighted by molar-refractivity contribution is 0.103. The largest absolute Gasteiger partial charge is 0.321 e. The van der Waals surface area contributed by atoms with Crippen molar-refractivity contribution in [2.45, 2.75) is 26.2 Å². The second kappa shape index (κ2) is 7.55. The second-order valence-electron chi connectivity index (χ2n) is 5.79. The minimum atomic E-state index is -0.0782. The maximum atomic E-state index is 12.5. The number of benzene rings is 1. The van der Waals surface area contributed by atoms with Crippen LogP contribution in [0.25, 0.3) is 0 Å². The molecule has 1 fully saturated rings. The van der Waals surface area contributed by atoms with E-state index in [-0.39, 0.29) is 5.91 Å². The number of thiazole rings is 1. The van der Waals surface area contributed by atoms with E-state index in [0.717, 1.165) is 33.8 Å². The molecule has 6 heteroatoms. The van der Waals surface area contributed by atoms with Crippen LogP contribution in [-0.4, -0.2) is 35.4 Å². The van der Waals surface area contributed by atoms with Crippen molar-refractivity contribution in [3.05, 3.63) is 44.3 Å². The van der Waals surface area contributed by atoms with E-state index < -0.39 is 0 Å². The van der Waals surface area contributed by atoms with Crippen LogP contribution in [0.4, 0.5) is 5.69 Å². The van der Waals surface area contributed by atoms with Gasteiger partial charge in [-0.05, 0) is 51.1 Å². The van der Waals surface area contributed by atoms with Crippen LogP contribution >= 0.6 is 27.3 Å². The van der Waals surface area contributed by atoms with E-state index in [1.165, 1.54) is 37.3 Å². The summed E-state index contributed by atoms with van der Waals surface area (Å²) in [7, 11) is 0. The number of amides is 1. The van der Waals surface area contributed by atoms with Gasteiger partial charge < -0.3 is 10.2 Å². The molecule has 0 unspecified atom stereocenters. The smallest absolute Gasteiger partial charge is 0.267 e. The molecule has 1 N–H and O–H groups in total. The van der Waals surface area contributed by atoms with Crippen LogP contribution < -0.4 is 5.32 Å². The molecule has 1 aromatic carbocycles. The Balaban J connectivity index is 1.63. The van der Waals surface area contributed by atoms with E-state index >= 15 is 0 Å². The number of halogens is 1. The van der Waals surface area contributed by atoms with E-state index in [0.29, 0.717) is 4.88 Å². The number of carbonyl (C=O) groups is 1. The van der Waals surface area contributed by atoms with Crippen LogP contribution in [0.1, 0.15) is 33.2 Å². The quantitative estimate of drug-likeness (QED) is 0.831. The van der Waals surface area contributed by atoms with E-state index in [9.17, 15) is 4.79 Å². The molecule has 1 aromatic heterocycles. The van der Waals surface area contributed by atoms with Crippen LogP contribution in [0.5, 0.6) is 0 Å². The van der Waals surface area contributed by atoms with Crippen molar-refractivity contribution in [3.8, 4) is 0 Å². The standard InChI is InChI=1S/C17H20BrN3OS/c1-12-16(17(22)20-14-6-4-5-13(18)11-14)23-15(19-12)7-10-21-8-2-3-9-21/h4-6,11H,2-3,7-10H2,1H3,(H,20,22). The van der Waals surface area contributed by atoms with Crippen LogP contribution in [-0.2, 0) is 6.42 Å². The first-order chi connectivity index (χ1) is 11.1. The van der Waals surface area contributed by atoms with Crippen molar-refractivity contribution in [1.82, 2.24) is 9.88 Å². The van der Waals surface area contributed by atoms with Crippen LogP contribution in [0.2, 0.25) is 0 Å². The minimum Gasteiger partial charge on any atom is -0.321 e. The van der Waals surface area contributed by atoms with Crippen LogP contribution in [0.3, 0.4) is 0 Å². The number of rotatable bonds is 5. The summed E-state index contributed by atoms with van der Waals surface area (Å²) in [6.07, 6.45) is 3.53. The van der Waals surface area contributed by atoms with Gasteiger partial charge in [-0.1, -0.05) is 22.0 Å². The average molecular weight is 394 g/mol. The number of nitrogens with one attached hydrogen (secondary N) is 1. The topological polar surface area (TPSA) is 45.2 Å². The van der Waals surface area contributed by atoms with E-state index in [1.54, 1.807) is 0 Å². The Labute approximate surface area is 149 Å². The highest BCUT2D eigenvalue weighted by Gasteiger charge is 2.17. The number of hydrogen-bond donors (Lipinski definition) is 1. The number of likely N-dealkylation sites (tertiary alicyclic amines) is 1. The number of anilines is 1. The summed E-state index contributed by atoms with van der Waals surface area (Å²) in [6, 6.07) is 7.61. The van der Waals surface area contributed by atoms with E-state index in [2.05, 4.69) is 31.1 Å². The molecule has 0 radical (unpaired) electrons. The fourth-order valence-electron chi connectivity index (χ4n) is 2.78. The Bertz CT molecular complexity index is 695. The zero-order valence-electron chi connectivity index (χ0n) is 13.1. The van der Waals surface area contributed by atoms with Gasteiger partial charge in [0.25, 0.3) is 5.91 Å². The van der Waals surface area contributed by atoms with Crippen molar-refractivity contribution in [2.75, 3.05) is 25.0 Å². The van der Waals surface area contributed by atoms with Gasteiger partial charge in [0, 0.05) is 23.1 Å². The molecule has 23 heavy (non-hydrogen) atoms. The molecule has 4 nitrogen and oxygen atoms in total. The van der Waals surface area contributed by atoms with Gasteiger partial charge in [-0.15, -0.1) is 11.3 Å². The average Bonchev–Trinajstić information content (AvgIpc) is 3.14. The molecule has 0 spiro atoms. The predicted octanol–water partition coefficient (Wildman–Crippen LogP) is 4.10. The SMILES string of the molecule is Cc1nc(CCN2CCCC2)sc1C(=O)Nc1cccc(Br)c1. The maximum Gasteiger partial charge on any atom is 0.267 e. The molecule has 1 saturated heterocycles. The molecule has 122 valence electrons. The lowest BCUT2D eigenvalue weighted by atomic mass is 10.3. The molecular weight excluding hydrogens is 374 g/mol. The molecule has 1 amide bonds. The summed E-state index contributed by atoms with van der Waals surface area (Å²) in [6.45, 7) is 5.34. The van der Waals surface area contributed by atoms with Crippen molar-refractivity contribution < 1.29 is 4.79 Å². The lowest BCUT2D eigenvalue weighted by Crippen LogP contribution is -2.21. The molecule has 3 rings (SSSR count). The lowest BCUT2D eigenvalue weighted by Gasteiger charge is -2.12. The Morgan fingerprint density at radius 3 is 2.91 bits per heavy atom. The zero-order valence-corrected chi connectivity index (χ0v) is 15.5. The van der Waals surface area contributed by atoms with Gasteiger partial charge in [0.1, 0.15) is 4.88 Å². The fourth-order valence-corrected chi connectivity index (χ4v) is 4.13. The minimum absolute atomic E-state index is 0.0782. The van der Waals surface area contributed by atoms with Crippen LogP contribution in [0.15, 0.2) is 28.7 Å². The number of carbonyl (C=O) groups excluding carboxylic acids is 1. The zero-order chi connectivity index (χ0) is 16.2. The first kappa shape index (κ1) is 16.6. The van der Waals surface area contributed by atoms with Crippen molar-refractivity contribution in [1.29, 1.82) is 0 Å². The summed E-state index contributed by atoms with van der Waals surface area (Å²) >= 11 is 4.93. The highest BCUT2D eigenvalue weighted by Crippen LogP contribution is 2.22. The molecule has 2 heterocycles. The van der Waals surface area contributed by atoms with Gasteiger partial charge in [0.15, 0.2) is 0 Å². The number of aromatic nitrogens is 1. The maximum absolute atomic E-state index is 12.5. The molecule has 0 saturated carbocycles. The van der Waals surface area contributed by atoms with Crippen LogP contribution in [0, 0.1) is 6.92 Å². The van der Waals surface area contributed by atoms with Gasteiger partial charge in [0.05, 0.1) is 10.7 Å². The molecule has 1 aliphatic heterocycles. The number of hydrogen-bond acceptors (Lipinski definition) is 4. The van der Waals surface area contributed by atoms with Crippen molar-refractivity contribution >= 4 is 38.9 Å². The third-order valence-corrected chi connectivity index (χ3v) is 5.68. The van der Waals surface area contributed by atoms with Crippen molar-refractivity contribution in [3.63, 3.8) is 0 Å². The molecule has 0 atom stereocenters. The number of aryl methyl sites for hydroxylation is 1. The summed E-state index contributed by atoms with van der Waals surface area (Å²) < 4.78 is 0.947. The Hall–Kier alpha value is -1.24. The Kier molecular flexibility index (Phi) is 5.46. The predicted molar refractivity (Wildman–Crippen MR) is 98.3 cm³/mol. The first-order valence-electron chi connectivity index (χ1n) is 7.87. The van der Waals surface area contributed by atoms with Gasteiger partial charge in [-0.25, -0.2) is 4.98 Å². The monoisotopic (exact) mass is 393 g/mol. The highest BCUT2D eigenvalue weighted by atomic mass is 79.9. The summed E-state index contributed by atoms with van der Waals surface area (Å²) in [5.74, 6) is -0.0782. The van der Waals surface area contributed by atoms with Gasteiger partial charge in [-0.2, -0.15) is 0 Å². The summed E-state index contributed by atoms with van der Waals surface area (Å²) in [4.78, 5) is 20.2. The summed E-state index contributed by atoms with van der Waals surface area (Å²) in [5.41, 5.74) is 1.61. The van der Waals surface area contributed by atoms with E-state index in [4.69, 9.17) is 0 Å². The van der Waals surface area contributed by atoms with E-state index in [1.807, 2.05) is 31.2 Å².